The maximum absolute atomic E-state index is 10.6. The van der Waals surface area contributed by atoms with Gasteiger partial charge in [-0.25, -0.2) is 0 Å². The molecular formula is C8H16N2O. The molecule has 0 aliphatic rings. The third kappa shape index (κ3) is 3.78. The van der Waals surface area contributed by atoms with Gasteiger partial charge < -0.3 is 11.5 Å². The molecule has 0 aromatic rings. The summed E-state index contributed by atoms with van der Waals surface area (Å²) in [5, 5.41) is 0. The van der Waals surface area contributed by atoms with Crippen molar-refractivity contribution in [3.8, 4) is 0 Å². The summed E-state index contributed by atoms with van der Waals surface area (Å²) in [6.45, 7) is 5.49. The highest BCUT2D eigenvalue weighted by Gasteiger charge is 2.13. The van der Waals surface area contributed by atoms with E-state index in [4.69, 9.17) is 11.5 Å². The molecule has 64 valence electrons. The van der Waals surface area contributed by atoms with E-state index < -0.39 is 11.4 Å². The minimum Gasteiger partial charge on any atom is -0.366 e. The van der Waals surface area contributed by atoms with Gasteiger partial charge in [0.05, 0.1) is 0 Å². The Bertz CT molecular complexity index is 183. The number of nitrogens with two attached hydrogens (primary N) is 2. The number of rotatable bonds is 3. The van der Waals surface area contributed by atoms with E-state index in [9.17, 15) is 4.79 Å². The van der Waals surface area contributed by atoms with E-state index in [0.717, 1.165) is 6.42 Å². The molecular weight excluding hydrogens is 140 g/mol. The predicted molar refractivity (Wildman–Crippen MR) is 45.8 cm³/mol. The lowest BCUT2D eigenvalue weighted by Crippen LogP contribution is -2.33. The fourth-order valence-electron chi connectivity index (χ4n) is 0.668. The first kappa shape index (κ1) is 10.2. The van der Waals surface area contributed by atoms with E-state index in [1.807, 2.05) is 13.8 Å². The van der Waals surface area contributed by atoms with Gasteiger partial charge in [-0.2, -0.15) is 0 Å². The van der Waals surface area contributed by atoms with Gasteiger partial charge in [0.15, 0.2) is 0 Å². The van der Waals surface area contributed by atoms with Gasteiger partial charge in [-0.1, -0.05) is 13.0 Å². The molecule has 1 amide bonds. The Kier molecular flexibility index (Phi) is 3.26. The summed E-state index contributed by atoms with van der Waals surface area (Å²) >= 11 is 0. The minimum absolute atomic E-state index is 0.407. The number of carbonyl (C=O) groups excluding carboxylic acids is 1. The summed E-state index contributed by atoms with van der Waals surface area (Å²) < 4.78 is 0. The van der Waals surface area contributed by atoms with Crippen LogP contribution in [0.2, 0.25) is 0 Å². The van der Waals surface area contributed by atoms with Crippen molar-refractivity contribution >= 4 is 5.91 Å². The third-order valence-electron chi connectivity index (χ3n) is 1.70. The number of amides is 1. The lowest BCUT2D eigenvalue weighted by molar-refractivity contribution is -0.114. The van der Waals surface area contributed by atoms with Crippen LogP contribution in [0.1, 0.15) is 27.2 Å². The van der Waals surface area contributed by atoms with Crippen molar-refractivity contribution in [2.45, 2.75) is 32.7 Å². The first-order valence-corrected chi connectivity index (χ1v) is 3.67. The SMILES string of the molecule is CCC(C)(N)C=C(C)C(N)=O. The van der Waals surface area contributed by atoms with Crippen LogP contribution in [0, 0.1) is 0 Å². The molecule has 0 aromatic heterocycles. The van der Waals surface area contributed by atoms with Crippen molar-refractivity contribution in [3.63, 3.8) is 0 Å². The van der Waals surface area contributed by atoms with Crippen LogP contribution in [-0.4, -0.2) is 11.4 Å². The second-order valence-electron chi connectivity index (χ2n) is 3.05. The first-order chi connectivity index (χ1) is 4.89. The van der Waals surface area contributed by atoms with E-state index in [1.165, 1.54) is 0 Å². The fraction of sp³-hybridized carbons (Fsp3) is 0.625. The second kappa shape index (κ2) is 3.53. The third-order valence-corrected chi connectivity index (χ3v) is 1.70. The van der Waals surface area contributed by atoms with Gasteiger partial charge in [0, 0.05) is 11.1 Å². The van der Waals surface area contributed by atoms with Crippen LogP contribution >= 0.6 is 0 Å². The molecule has 0 fully saturated rings. The largest absolute Gasteiger partial charge is 0.366 e. The summed E-state index contributed by atoms with van der Waals surface area (Å²) in [5.41, 5.74) is 10.9. The van der Waals surface area contributed by atoms with E-state index in [2.05, 4.69) is 0 Å². The second-order valence-corrected chi connectivity index (χ2v) is 3.05. The van der Waals surface area contributed by atoms with Gasteiger partial charge in [-0.05, 0) is 20.3 Å². The van der Waals surface area contributed by atoms with E-state index in [-0.39, 0.29) is 0 Å². The van der Waals surface area contributed by atoms with Crippen LogP contribution in [0.3, 0.4) is 0 Å². The molecule has 11 heavy (non-hydrogen) atoms. The molecule has 0 aliphatic carbocycles. The van der Waals surface area contributed by atoms with Gasteiger partial charge in [0.1, 0.15) is 0 Å². The average molecular weight is 156 g/mol. The Morgan fingerprint density at radius 1 is 1.64 bits per heavy atom. The highest BCUT2D eigenvalue weighted by atomic mass is 16.1. The molecule has 3 heteroatoms. The molecule has 0 aliphatic heterocycles. The quantitative estimate of drug-likeness (QED) is 0.586. The van der Waals surface area contributed by atoms with Gasteiger partial charge >= 0.3 is 0 Å². The summed E-state index contributed by atoms with van der Waals surface area (Å²) in [6, 6.07) is 0. The van der Waals surface area contributed by atoms with Gasteiger partial charge in [0.2, 0.25) is 5.91 Å². The number of hydrogen-bond donors (Lipinski definition) is 2. The van der Waals surface area contributed by atoms with Crippen LogP contribution in [0.15, 0.2) is 11.6 Å². The Balaban J connectivity index is 4.41. The molecule has 0 bridgehead atoms. The number of primary amides is 1. The zero-order valence-electron chi connectivity index (χ0n) is 7.35. The van der Waals surface area contributed by atoms with Gasteiger partial charge in [0.25, 0.3) is 0 Å². The van der Waals surface area contributed by atoms with Crippen molar-refractivity contribution in [1.29, 1.82) is 0 Å². The minimum atomic E-state index is -0.418. The fourth-order valence-corrected chi connectivity index (χ4v) is 0.668. The molecule has 3 nitrogen and oxygen atoms in total. The van der Waals surface area contributed by atoms with Crippen molar-refractivity contribution in [2.75, 3.05) is 0 Å². The Labute approximate surface area is 67.4 Å². The predicted octanol–water partition coefficient (Wildman–Crippen LogP) is 0.545. The standard InChI is InChI=1S/C8H16N2O/c1-4-8(3,10)5-6(2)7(9)11/h5H,4,10H2,1-3H3,(H2,9,11). The zero-order valence-corrected chi connectivity index (χ0v) is 7.35. The van der Waals surface area contributed by atoms with Crippen molar-refractivity contribution < 1.29 is 4.79 Å². The van der Waals surface area contributed by atoms with Gasteiger partial charge in [-0.15, -0.1) is 0 Å². The zero-order chi connectivity index (χ0) is 9.07. The highest BCUT2D eigenvalue weighted by Crippen LogP contribution is 2.09. The summed E-state index contributed by atoms with van der Waals surface area (Å²) in [6.07, 6.45) is 2.49. The van der Waals surface area contributed by atoms with Crippen LogP contribution in [0.4, 0.5) is 0 Å². The first-order valence-electron chi connectivity index (χ1n) is 3.67. The van der Waals surface area contributed by atoms with E-state index >= 15 is 0 Å². The van der Waals surface area contributed by atoms with Crippen LogP contribution in [0.5, 0.6) is 0 Å². The molecule has 0 saturated carbocycles. The summed E-state index contributed by atoms with van der Waals surface area (Å²) in [4.78, 5) is 10.6. The molecule has 0 heterocycles. The highest BCUT2D eigenvalue weighted by molar-refractivity contribution is 5.91. The maximum Gasteiger partial charge on any atom is 0.244 e. The molecule has 1 atom stereocenters. The van der Waals surface area contributed by atoms with E-state index in [0.29, 0.717) is 5.57 Å². The molecule has 1 unspecified atom stereocenters. The van der Waals surface area contributed by atoms with Crippen LogP contribution in [-0.2, 0) is 4.79 Å². The van der Waals surface area contributed by atoms with Crippen molar-refractivity contribution in [1.82, 2.24) is 0 Å². The summed E-state index contributed by atoms with van der Waals surface area (Å²) in [7, 11) is 0. The Morgan fingerprint density at radius 3 is 2.36 bits per heavy atom. The van der Waals surface area contributed by atoms with Crippen LogP contribution in [0.25, 0.3) is 0 Å². The Hall–Kier alpha value is -0.830. The lowest BCUT2D eigenvalue weighted by Gasteiger charge is -2.18. The van der Waals surface area contributed by atoms with Crippen molar-refractivity contribution in [2.24, 2.45) is 11.5 Å². The molecule has 0 rings (SSSR count). The molecule has 4 N–H and O–H groups in total. The van der Waals surface area contributed by atoms with E-state index in [1.54, 1.807) is 13.0 Å². The number of carbonyl (C=O) groups is 1. The van der Waals surface area contributed by atoms with Crippen molar-refractivity contribution in [3.05, 3.63) is 11.6 Å². The van der Waals surface area contributed by atoms with Crippen LogP contribution < -0.4 is 11.5 Å². The monoisotopic (exact) mass is 156 g/mol. The average Bonchev–Trinajstić information content (AvgIpc) is 1.87. The molecule has 0 aromatic carbocycles. The molecule has 0 saturated heterocycles. The summed E-state index contributed by atoms with van der Waals surface area (Å²) in [5.74, 6) is -0.407. The van der Waals surface area contributed by atoms with Gasteiger partial charge in [-0.3, -0.25) is 4.79 Å². The molecule has 0 spiro atoms. The topological polar surface area (TPSA) is 69.1 Å². The maximum atomic E-state index is 10.6. The lowest BCUT2D eigenvalue weighted by atomic mass is 9.97. The molecule has 0 radical (unpaired) electrons. The number of hydrogen-bond acceptors (Lipinski definition) is 2. The Morgan fingerprint density at radius 2 is 2.09 bits per heavy atom. The smallest absolute Gasteiger partial charge is 0.244 e. The normalized spacial score (nSPS) is 17.6.